The van der Waals surface area contributed by atoms with Gasteiger partial charge in [0.2, 0.25) is 0 Å². The van der Waals surface area contributed by atoms with Crippen molar-refractivity contribution in [3.05, 3.63) is 0 Å². The molecule has 128 valence electrons. The quantitative estimate of drug-likeness (QED) is 0.382. The van der Waals surface area contributed by atoms with Crippen LogP contribution in [-0.2, 0) is 0 Å². The van der Waals surface area contributed by atoms with Crippen molar-refractivity contribution in [3.63, 3.8) is 0 Å². The van der Waals surface area contributed by atoms with Crippen molar-refractivity contribution in [1.29, 1.82) is 0 Å². The van der Waals surface area contributed by atoms with E-state index < -0.39 is 6.10 Å². The minimum Gasteiger partial charge on any atom is -0.390 e. The third-order valence-corrected chi connectivity index (χ3v) is 4.38. The van der Waals surface area contributed by atoms with Gasteiger partial charge in [0.05, 0.1) is 6.61 Å². The summed E-state index contributed by atoms with van der Waals surface area (Å²) >= 11 is 0. The van der Waals surface area contributed by atoms with E-state index in [0.717, 1.165) is 12.8 Å². The normalized spacial score (nSPS) is 14.3. The van der Waals surface area contributed by atoms with Crippen LogP contribution in [-0.4, -0.2) is 29.0 Å². The molecule has 0 aromatic carbocycles. The maximum atomic E-state index is 9.67. The molecule has 0 aromatic rings. The zero-order valence-corrected chi connectivity index (χ0v) is 14.4. The van der Waals surface area contributed by atoms with Gasteiger partial charge in [0.25, 0.3) is 0 Å². The van der Waals surface area contributed by atoms with Crippen molar-refractivity contribution in [2.45, 2.75) is 109 Å². The topological polar surface area (TPSA) is 68.1 Å². The number of unbranched alkanes of at least 4 members (excludes halogenated alkanes) is 12. The molecule has 2 atom stereocenters. The largest absolute Gasteiger partial charge is 0.390 e. The number of hydrogen-bond acceptors (Lipinski definition) is 2. The molecule has 0 rings (SSSR count). The number of rotatable bonds is 16. The van der Waals surface area contributed by atoms with Gasteiger partial charge in [0.1, 0.15) is 12.1 Å². The van der Waals surface area contributed by atoms with Gasteiger partial charge in [-0.2, -0.15) is 0 Å². The molecule has 3 nitrogen and oxygen atoms in total. The summed E-state index contributed by atoms with van der Waals surface area (Å²) in [6, 6.07) is -0.220. The predicted molar refractivity (Wildman–Crippen MR) is 90.1 cm³/mol. The van der Waals surface area contributed by atoms with Crippen LogP contribution in [0.15, 0.2) is 0 Å². The van der Waals surface area contributed by atoms with Crippen molar-refractivity contribution in [1.82, 2.24) is 0 Å². The lowest BCUT2D eigenvalue weighted by atomic mass is 10.0. The number of quaternary nitrogens is 1. The summed E-state index contributed by atoms with van der Waals surface area (Å²) in [5.74, 6) is 0. The first-order valence-corrected chi connectivity index (χ1v) is 9.34. The van der Waals surface area contributed by atoms with E-state index in [-0.39, 0.29) is 12.6 Å². The SMILES string of the molecule is CCCCCCCCCCCCCCC[C@H](O)[C@@H]([NH3+])CO. The minimum absolute atomic E-state index is 0.0143. The first-order valence-electron chi connectivity index (χ1n) is 9.34. The molecule has 0 saturated heterocycles. The molecule has 0 saturated carbocycles. The van der Waals surface area contributed by atoms with E-state index in [1.807, 2.05) is 0 Å². The van der Waals surface area contributed by atoms with E-state index in [9.17, 15) is 5.11 Å². The molecule has 0 bridgehead atoms. The van der Waals surface area contributed by atoms with E-state index in [2.05, 4.69) is 12.7 Å². The van der Waals surface area contributed by atoms with Gasteiger partial charge in [-0.15, -0.1) is 0 Å². The summed E-state index contributed by atoms with van der Waals surface area (Å²) < 4.78 is 0. The fourth-order valence-electron chi connectivity index (χ4n) is 2.73. The van der Waals surface area contributed by atoms with Crippen LogP contribution in [0, 0.1) is 0 Å². The summed E-state index contributed by atoms with van der Waals surface area (Å²) in [7, 11) is 0. The molecule has 0 spiro atoms. The third kappa shape index (κ3) is 14.6. The van der Waals surface area contributed by atoms with Crippen LogP contribution >= 0.6 is 0 Å². The van der Waals surface area contributed by atoms with Gasteiger partial charge in [-0.25, -0.2) is 0 Å². The van der Waals surface area contributed by atoms with E-state index >= 15 is 0 Å². The van der Waals surface area contributed by atoms with Gasteiger partial charge in [-0.3, -0.25) is 0 Å². The van der Waals surface area contributed by atoms with Crippen LogP contribution in [0.25, 0.3) is 0 Å². The summed E-state index contributed by atoms with van der Waals surface area (Å²) in [6.45, 7) is 2.25. The van der Waals surface area contributed by atoms with Gasteiger partial charge in [0.15, 0.2) is 0 Å². The first kappa shape index (κ1) is 20.9. The van der Waals surface area contributed by atoms with Gasteiger partial charge in [0, 0.05) is 0 Å². The van der Waals surface area contributed by atoms with E-state index in [1.165, 1.54) is 77.0 Å². The second-order valence-corrected chi connectivity index (χ2v) is 6.54. The monoisotopic (exact) mass is 302 g/mol. The standard InChI is InChI=1S/C18H39NO2/c1-2-3-4-5-6-7-8-9-10-11-12-13-14-15-18(21)17(19)16-20/h17-18,20-21H,2-16,19H2,1H3/p+1/t17-,18-/m0/s1. The van der Waals surface area contributed by atoms with Crippen molar-refractivity contribution in [2.75, 3.05) is 6.61 Å². The van der Waals surface area contributed by atoms with Gasteiger partial charge >= 0.3 is 0 Å². The maximum absolute atomic E-state index is 9.67. The lowest BCUT2D eigenvalue weighted by Gasteiger charge is -2.13. The van der Waals surface area contributed by atoms with E-state index in [1.54, 1.807) is 0 Å². The molecule has 21 heavy (non-hydrogen) atoms. The van der Waals surface area contributed by atoms with Crippen LogP contribution in [0.1, 0.15) is 96.8 Å². The zero-order chi connectivity index (χ0) is 15.8. The number of hydrogen-bond donors (Lipinski definition) is 3. The average molecular weight is 303 g/mol. The predicted octanol–water partition coefficient (Wildman–Crippen LogP) is 3.43. The molecule has 0 radical (unpaired) electrons. The summed E-state index contributed by atoms with van der Waals surface area (Å²) in [5, 5.41) is 18.6. The van der Waals surface area contributed by atoms with Gasteiger partial charge < -0.3 is 15.9 Å². The number of aliphatic hydroxyl groups excluding tert-OH is 2. The average Bonchev–Trinajstić information content (AvgIpc) is 2.50. The van der Waals surface area contributed by atoms with Gasteiger partial charge in [-0.1, -0.05) is 90.4 Å². The molecular weight excluding hydrogens is 262 g/mol. The van der Waals surface area contributed by atoms with E-state index in [4.69, 9.17) is 5.11 Å². The van der Waals surface area contributed by atoms with E-state index in [0.29, 0.717) is 0 Å². The second-order valence-electron chi connectivity index (χ2n) is 6.54. The van der Waals surface area contributed by atoms with Crippen LogP contribution in [0.5, 0.6) is 0 Å². The lowest BCUT2D eigenvalue weighted by Crippen LogP contribution is -2.68. The van der Waals surface area contributed by atoms with Crippen LogP contribution < -0.4 is 5.73 Å². The molecule has 0 unspecified atom stereocenters. The Morgan fingerprint density at radius 2 is 1.10 bits per heavy atom. The maximum Gasteiger partial charge on any atom is 0.134 e. The molecule has 5 N–H and O–H groups in total. The highest BCUT2D eigenvalue weighted by atomic mass is 16.3. The fourth-order valence-corrected chi connectivity index (χ4v) is 2.73. The fraction of sp³-hybridized carbons (Fsp3) is 1.00. The van der Waals surface area contributed by atoms with Crippen molar-refractivity contribution >= 4 is 0 Å². The molecule has 0 aliphatic rings. The Morgan fingerprint density at radius 1 is 0.714 bits per heavy atom. The Morgan fingerprint density at radius 3 is 1.48 bits per heavy atom. The highest BCUT2D eigenvalue weighted by molar-refractivity contribution is 4.64. The molecule has 0 amide bonds. The van der Waals surface area contributed by atoms with Crippen LogP contribution in [0.4, 0.5) is 0 Å². The number of aliphatic hydroxyl groups is 2. The molecule has 0 aliphatic carbocycles. The zero-order valence-electron chi connectivity index (χ0n) is 14.4. The van der Waals surface area contributed by atoms with Crippen molar-refractivity contribution in [3.8, 4) is 0 Å². The minimum atomic E-state index is -0.428. The van der Waals surface area contributed by atoms with Crippen molar-refractivity contribution in [2.24, 2.45) is 0 Å². The highest BCUT2D eigenvalue weighted by Gasteiger charge is 2.15. The molecular formula is C18H40NO2+. The van der Waals surface area contributed by atoms with Crippen LogP contribution in [0.3, 0.4) is 0 Å². The molecule has 0 aromatic heterocycles. The molecule has 3 heteroatoms. The van der Waals surface area contributed by atoms with Crippen LogP contribution in [0.2, 0.25) is 0 Å². The Kier molecular flexibility index (Phi) is 16.2. The Bertz CT molecular complexity index is 200. The van der Waals surface area contributed by atoms with Crippen molar-refractivity contribution < 1.29 is 15.9 Å². The summed E-state index contributed by atoms with van der Waals surface area (Å²) in [4.78, 5) is 0. The third-order valence-electron chi connectivity index (χ3n) is 4.38. The first-order chi connectivity index (χ1) is 10.2. The second kappa shape index (κ2) is 16.3. The van der Waals surface area contributed by atoms with Gasteiger partial charge in [-0.05, 0) is 6.42 Å². The summed E-state index contributed by atoms with van der Waals surface area (Å²) in [5.41, 5.74) is 3.74. The molecule has 0 fully saturated rings. The lowest BCUT2D eigenvalue weighted by molar-refractivity contribution is -0.443. The highest BCUT2D eigenvalue weighted by Crippen LogP contribution is 2.13. The smallest absolute Gasteiger partial charge is 0.134 e. The molecule has 0 heterocycles. The Hall–Kier alpha value is -0.120. The Labute approximate surface area is 132 Å². The Balaban J connectivity index is 3.09. The molecule has 0 aliphatic heterocycles. The summed E-state index contributed by atoms with van der Waals surface area (Å²) in [6.07, 6.45) is 17.8.